The summed E-state index contributed by atoms with van der Waals surface area (Å²) >= 11 is 1.64. The Morgan fingerprint density at radius 3 is 2.60 bits per heavy atom. The van der Waals surface area contributed by atoms with Gasteiger partial charge in [-0.1, -0.05) is 12.1 Å². The average Bonchev–Trinajstić information content (AvgIpc) is 2.95. The standard InChI is InChI=1S/C15H19N3OS/c1-11(14-9-16-10-20-14)17-13-6-4-12(5-7-13)8-15(19)18(2)3/h4-7,9-11,17H,8H2,1-3H3. The summed E-state index contributed by atoms with van der Waals surface area (Å²) in [5, 5.41) is 3.42. The third-order valence-corrected chi connectivity index (χ3v) is 4.03. The summed E-state index contributed by atoms with van der Waals surface area (Å²) in [4.78, 5) is 18.5. The largest absolute Gasteiger partial charge is 0.378 e. The maximum absolute atomic E-state index is 11.6. The highest BCUT2D eigenvalue weighted by Gasteiger charge is 2.08. The molecule has 0 aliphatic rings. The van der Waals surface area contributed by atoms with Gasteiger partial charge in [-0.2, -0.15) is 0 Å². The van der Waals surface area contributed by atoms with Crippen LogP contribution in [0.1, 0.15) is 23.4 Å². The number of aromatic nitrogens is 1. The lowest BCUT2D eigenvalue weighted by Gasteiger charge is -2.14. The van der Waals surface area contributed by atoms with E-state index in [1.807, 2.05) is 36.0 Å². The fraction of sp³-hybridized carbons (Fsp3) is 0.333. The van der Waals surface area contributed by atoms with Crippen molar-refractivity contribution in [2.45, 2.75) is 19.4 Å². The first kappa shape index (κ1) is 14.5. The van der Waals surface area contributed by atoms with Crippen LogP contribution in [0.15, 0.2) is 36.0 Å². The van der Waals surface area contributed by atoms with E-state index in [-0.39, 0.29) is 11.9 Å². The van der Waals surface area contributed by atoms with Gasteiger partial charge in [0, 0.05) is 30.9 Å². The number of nitrogens with zero attached hydrogens (tertiary/aromatic N) is 2. The van der Waals surface area contributed by atoms with Crippen LogP contribution in [-0.4, -0.2) is 29.9 Å². The van der Waals surface area contributed by atoms with Gasteiger partial charge in [-0.05, 0) is 24.6 Å². The molecule has 106 valence electrons. The second-order valence-corrected chi connectivity index (χ2v) is 5.85. The highest BCUT2D eigenvalue weighted by atomic mass is 32.1. The van der Waals surface area contributed by atoms with Gasteiger partial charge < -0.3 is 10.2 Å². The molecule has 0 aliphatic heterocycles. The van der Waals surface area contributed by atoms with Gasteiger partial charge in [0.15, 0.2) is 0 Å². The van der Waals surface area contributed by atoms with E-state index >= 15 is 0 Å². The lowest BCUT2D eigenvalue weighted by Crippen LogP contribution is -2.23. The van der Waals surface area contributed by atoms with Crippen molar-refractivity contribution in [3.05, 3.63) is 46.4 Å². The monoisotopic (exact) mass is 289 g/mol. The Morgan fingerprint density at radius 1 is 1.35 bits per heavy atom. The Balaban J connectivity index is 1.96. The molecule has 1 unspecified atom stereocenters. The lowest BCUT2D eigenvalue weighted by molar-refractivity contribution is -0.127. The molecule has 0 saturated heterocycles. The minimum atomic E-state index is 0.115. The molecule has 0 bridgehead atoms. The van der Waals surface area contributed by atoms with Crippen LogP contribution in [0.4, 0.5) is 5.69 Å². The van der Waals surface area contributed by atoms with Crippen LogP contribution in [0.25, 0.3) is 0 Å². The van der Waals surface area contributed by atoms with Gasteiger partial charge in [0.05, 0.1) is 18.0 Å². The van der Waals surface area contributed by atoms with Crippen LogP contribution < -0.4 is 5.32 Å². The van der Waals surface area contributed by atoms with Crippen LogP contribution in [0.3, 0.4) is 0 Å². The van der Waals surface area contributed by atoms with Gasteiger partial charge in [0.1, 0.15) is 0 Å². The molecule has 1 N–H and O–H groups in total. The fourth-order valence-electron chi connectivity index (χ4n) is 1.81. The van der Waals surface area contributed by atoms with E-state index in [0.717, 1.165) is 11.3 Å². The second kappa shape index (κ2) is 6.52. The molecule has 1 heterocycles. The van der Waals surface area contributed by atoms with Crippen molar-refractivity contribution in [2.75, 3.05) is 19.4 Å². The maximum atomic E-state index is 11.6. The highest BCUT2D eigenvalue weighted by Crippen LogP contribution is 2.22. The zero-order valence-corrected chi connectivity index (χ0v) is 12.8. The molecule has 20 heavy (non-hydrogen) atoms. The van der Waals surface area contributed by atoms with Crippen LogP contribution in [0.5, 0.6) is 0 Å². The molecule has 1 amide bonds. The number of benzene rings is 1. The summed E-state index contributed by atoms with van der Waals surface area (Å²) in [7, 11) is 3.55. The van der Waals surface area contributed by atoms with Crippen molar-refractivity contribution < 1.29 is 4.79 Å². The topological polar surface area (TPSA) is 45.2 Å². The molecule has 1 aromatic carbocycles. The van der Waals surface area contributed by atoms with Crippen molar-refractivity contribution in [1.29, 1.82) is 0 Å². The Hall–Kier alpha value is -1.88. The van der Waals surface area contributed by atoms with Gasteiger partial charge in [-0.15, -0.1) is 11.3 Å². The number of hydrogen-bond donors (Lipinski definition) is 1. The SMILES string of the molecule is CC(Nc1ccc(CC(=O)N(C)C)cc1)c1cncs1. The van der Waals surface area contributed by atoms with E-state index in [4.69, 9.17) is 0 Å². The van der Waals surface area contributed by atoms with Gasteiger partial charge in [0.2, 0.25) is 5.91 Å². The second-order valence-electron chi connectivity index (χ2n) is 4.93. The minimum Gasteiger partial charge on any atom is -0.378 e. The summed E-state index contributed by atoms with van der Waals surface area (Å²) in [6, 6.07) is 8.23. The smallest absolute Gasteiger partial charge is 0.226 e. The highest BCUT2D eigenvalue weighted by molar-refractivity contribution is 7.09. The molecule has 1 atom stereocenters. The maximum Gasteiger partial charge on any atom is 0.226 e. The number of rotatable bonds is 5. The van der Waals surface area contributed by atoms with Crippen molar-refractivity contribution >= 4 is 22.9 Å². The minimum absolute atomic E-state index is 0.115. The summed E-state index contributed by atoms with van der Waals surface area (Å²) in [6.07, 6.45) is 2.32. The van der Waals surface area contributed by atoms with Gasteiger partial charge in [-0.25, -0.2) is 0 Å². The number of nitrogens with one attached hydrogen (secondary N) is 1. The quantitative estimate of drug-likeness (QED) is 0.920. The van der Waals surface area contributed by atoms with Gasteiger partial charge >= 0.3 is 0 Å². The van der Waals surface area contributed by atoms with E-state index in [1.54, 1.807) is 30.3 Å². The van der Waals surface area contributed by atoms with Gasteiger partial charge in [0.25, 0.3) is 0 Å². The molecule has 0 spiro atoms. The summed E-state index contributed by atoms with van der Waals surface area (Å²) in [5.41, 5.74) is 3.91. The van der Waals surface area contributed by atoms with Crippen LogP contribution in [0.2, 0.25) is 0 Å². The number of carbonyl (C=O) groups is 1. The normalized spacial score (nSPS) is 11.9. The zero-order chi connectivity index (χ0) is 14.5. The van der Waals surface area contributed by atoms with Crippen LogP contribution in [-0.2, 0) is 11.2 Å². The van der Waals surface area contributed by atoms with Crippen molar-refractivity contribution in [2.24, 2.45) is 0 Å². The number of amides is 1. The number of thiazole rings is 1. The molecule has 2 aromatic rings. The molecule has 0 fully saturated rings. The first-order valence-electron chi connectivity index (χ1n) is 6.50. The van der Waals surface area contributed by atoms with Gasteiger partial charge in [-0.3, -0.25) is 9.78 Å². The Kier molecular flexibility index (Phi) is 4.74. The number of likely N-dealkylation sites (N-methyl/N-ethyl adjacent to an activating group) is 1. The fourth-order valence-corrected chi connectivity index (χ4v) is 2.44. The summed E-state index contributed by atoms with van der Waals surface area (Å²) < 4.78 is 0. The first-order chi connectivity index (χ1) is 9.56. The molecule has 2 rings (SSSR count). The van der Waals surface area contributed by atoms with Crippen molar-refractivity contribution in [1.82, 2.24) is 9.88 Å². The van der Waals surface area contributed by atoms with E-state index in [2.05, 4.69) is 17.2 Å². The third-order valence-electron chi connectivity index (χ3n) is 3.07. The van der Waals surface area contributed by atoms with E-state index in [1.165, 1.54) is 4.88 Å². The predicted molar refractivity (Wildman–Crippen MR) is 83.0 cm³/mol. The van der Waals surface area contributed by atoms with Crippen molar-refractivity contribution in [3.8, 4) is 0 Å². The Labute approximate surface area is 123 Å². The molecule has 5 heteroatoms. The Bertz CT molecular complexity index is 549. The van der Waals surface area contributed by atoms with E-state index < -0.39 is 0 Å². The molecule has 0 aliphatic carbocycles. The number of anilines is 1. The predicted octanol–water partition coefficient (Wildman–Crippen LogP) is 2.95. The average molecular weight is 289 g/mol. The molecule has 4 nitrogen and oxygen atoms in total. The molecule has 0 saturated carbocycles. The molecular formula is C15H19N3OS. The number of hydrogen-bond acceptors (Lipinski definition) is 4. The van der Waals surface area contributed by atoms with E-state index in [9.17, 15) is 4.79 Å². The van der Waals surface area contributed by atoms with E-state index in [0.29, 0.717) is 6.42 Å². The summed E-state index contributed by atoms with van der Waals surface area (Å²) in [5.74, 6) is 0.115. The Morgan fingerprint density at radius 2 is 2.05 bits per heavy atom. The molecular weight excluding hydrogens is 270 g/mol. The van der Waals surface area contributed by atoms with Crippen molar-refractivity contribution in [3.63, 3.8) is 0 Å². The zero-order valence-electron chi connectivity index (χ0n) is 12.0. The summed E-state index contributed by atoms with van der Waals surface area (Å²) in [6.45, 7) is 2.11. The third kappa shape index (κ3) is 3.81. The van der Waals surface area contributed by atoms with Crippen LogP contribution >= 0.6 is 11.3 Å². The number of carbonyl (C=O) groups excluding carboxylic acids is 1. The molecule has 0 radical (unpaired) electrons. The molecule has 1 aromatic heterocycles. The lowest BCUT2D eigenvalue weighted by atomic mass is 10.1. The first-order valence-corrected chi connectivity index (χ1v) is 7.38. The van der Waals surface area contributed by atoms with Crippen LogP contribution in [0, 0.1) is 0 Å².